The van der Waals surface area contributed by atoms with E-state index >= 15 is 0 Å². The molecule has 1 aliphatic rings. The van der Waals surface area contributed by atoms with Crippen molar-refractivity contribution in [3.8, 4) is 11.3 Å². The van der Waals surface area contributed by atoms with Gasteiger partial charge >= 0.3 is 5.97 Å². The number of likely N-dealkylation sites (tertiary alicyclic amines) is 1. The maximum Gasteiger partial charge on any atom is 0.326 e. The van der Waals surface area contributed by atoms with Crippen LogP contribution in [0.15, 0.2) is 84.9 Å². The zero-order valence-electron chi connectivity index (χ0n) is 20.7. The summed E-state index contributed by atoms with van der Waals surface area (Å²) in [6, 6.07) is 27.3. The highest BCUT2D eigenvalue weighted by Gasteiger charge is 2.34. The normalized spacial score (nSPS) is 15.1. The predicted molar refractivity (Wildman–Crippen MR) is 147 cm³/mol. The van der Waals surface area contributed by atoms with Gasteiger partial charge in [0.15, 0.2) is 5.13 Å². The van der Waals surface area contributed by atoms with Crippen molar-refractivity contribution in [3.05, 3.63) is 106 Å². The maximum atomic E-state index is 13.0. The molecule has 1 aromatic heterocycles. The molecule has 0 saturated carbocycles. The molecule has 4 aromatic rings. The van der Waals surface area contributed by atoms with Crippen LogP contribution in [0.5, 0.6) is 0 Å². The molecule has 0 spiro atoms. The van der Waals surface area contributed by atoms with Crippen molar-refractivity contribution >= 4 is 28.3 Å². The lowest BCUT2D eigenvalue weighted by Crippen LogP contribution is -2.40. The second-order valence-electron chi connectivity index (χ2n) is 9.30. The molecule has 0 radical (unpaired) electrons. The van der Waals surface area contributed by atoms with Crippen LogP contribution < -0.4 is 4.90 Å². The third kappa shape index (κ3) is 5.57. The van der Waals surface area contributed by atoms with Crippen LogP contribution in [-0.4, -0.2) is 39.5 Å². The van der Waals surface area contributed by atoms with Gasteiger partial charge in [0.05, 0.1) is 5.69 Å². The van der Waals surface area contributed by atoms with Gasteiger partial charge in [0.2, 0.25) is 0 Å². The highest BCUT2D eigenvalue weighted by molar-refractivity contribution is 7.16. The van der Waals surface area contributed by atoms with E-state index in [1.165, 1.54) is 15.3 Å². The van der Waals surface area contributed by atoms with Crippen molar-refractivity contribution in [3.63, 3.8) is 0 Å². The number of benzene rings is 3. The Bertz CT molecular complexity index is 1370. The molecule has 5 rings (SSSR count). The Morgan fingerprint density at radius 3 is 2.22 bits per heavy atom. The molecule has 37 heavy (non-hydrogen) atoms. The summed E-state index contributed by atoms with van der Waals surface area (Å²) < 4.78 is 0. The summed E-state index contributed by atoms with van der Waals surface area (Å²) in [4.78, 5) is 34.4. The van der Waals surface area contributed by atoms with E-state index in [1.54, 1.807) is 23.5 Å². The molecule has 1 saturated heterocycles. The molecule has 1 amide bonds. The first kappa shape index (κ1) is 24.7. The van der Waals surface area contributed by atoms with Gasteiger partial charge in [-0.3, -0.25) is 4.79 Å². The molecule has 7 heteroatoms. The third-order valence-corrected chi connectivity index (χ3v) is 7.72. The first-order valence-electron chi connectivity index (χ1n) is 12.4. The van der Waals surface area contributed by atoms with Crippen molar-refractivity contribution in [2.24, 2.45) is 0 Å². The van der Waals surface area contributed by atoms with Crippen molar-refractivity contribution in [2.45, 2.75) is 38.9 Å². The number of carbonyl (C=O) groups is 2. The van der Waals surface area contributed by atoms with Gasteiger partial charge in [-0.25, -0.2) is 9.78 Å². The molecule has 3 aromatic carbocycles. The number of hydrogen-bond acceptors (Lipinski definition) is 5. The minimum absolute atomic E-state index is 0.222. The second kappa shape index (κ2) is 11.0. The lowest BCUT2D eigenvalue weighted by atomic mass is 10.1. The van der Waals surface area contributed by atoms with Gasteiger partial charge in [0.25, 0.3) is 5.91 Å². The number of thiazole rings is 1. The monoisotopic (exact) mass is 511 g/mol. The van der Waals surface area contributed by atoms with Crippen LogP contribution in [-0.2, 0) is 17.9 Å². The summed E-state index contributed by atoms with van der Waals surface area (Å²) in [6.45, 7) is 3.92. The average molecular weight is 512 g/mol. The third-order valence-electron chi connectivity index (χ3n) is 6.69. The largest absolute Gasteiger partial charge is 0.480 e. The van der Waals surface area contributed by atoms with Crippen molar-refractivity contribution < 1.29 is 14.7 Å². The molecule has 1 unspecified atom stereocenters. The fourth-order valence-electron chi connectivity index (χ4n) is 4.78. The van der Waals surface area contributed by atoms with E-state index in [0.29, 0.717) is 38.0 Å². The molecule has 2 heterocycles. The molecule has 1 atom stereocenters. The van der Waals surface area contributed by atoms with E-state index in [4.69, 9.17) is 4.98 Å². The number of anilines is 1. The topological polar surface area (TPSA) is 73.7 Å². The number of aromatic nitrogens is 1. The number of amides is 1. The SMILES string of the molecule is Cc1sc(N(Cc2ccccc2)Cc2ccc(C(=O)N3CCCC3C(=O)O)cc2)nc1-c1ccccc1. The van der Waals surface area contributed by atoms with Crippen LogP contribution in [0.25, 0.3) is 11.3 Å². The fourth-order valence-corrected chi connectivity index (χ4v) is 5.71. The van der Waals surface area contributed by atoms with Gasteiger partial charge in [-0.1, -0.05) is 72.8 Å². The Kier molecular flexibility index (Phi) is 7.32. The minimum atomic E-state index is -0.937. The van der Waals surface area contributed by atoms with E-state index in [0.717, 1.165) is 22.0 Å². The van der Waals surface area contributed by atoms with E-state index in [9.17, 15) is 14.7 Å². The molecular weight excluding hydrogens is 482 g/mol. The number of hydrogen-bond donors (Lipinski definition) is 1. The zero-order valence-corrected chi connectivity index (χ0v) is 21.5. The second-order valence-corrected chi connectivity index (χ2v) is 10.5. The molecule has 1 N–H and O–H groups in total. The van der Waals surface area contributed by atoms with Crippen molar-refractivity contribution in [1.82, 2.24) is 9.88 Å². The first-order chi connectivity index (χ1) is 18.0. The number of carbonyl (C=O) groups excluding carboxylic acids is 1. The van der Waals surface area contributed by atoms with Crippen molar-refractivity contribution in [1.29, 1.82) is 0 Å². The zero-order chi connectivity index (χ0) is 25.8. The molecule has 188 valence electrons. The van der Waals surface area contributed by atoms with Gasteiger partial charge in [-0.15, -0.1) is 11.3 Å². The Hall–Kier alpha value is -3.97. The van der Waals surface area contributed by atoms with E-state index < -0.39 is 12.0 Å². The Morgan fingerprint density at radius 1 is 0.946 bits per heavy atom. The number of aryl methyl sites for hydroxylation is 1. The Morgan fingerprint density at radius 2 is 1.57 bits per heavy atom. The number of rotatable bonds is 8. The van der Waals surface area contributed by atoms with Crippen LogP contribution in [0.3, 0.4) is 0 Å². The fraction of sp³-hybridized carbons (Fsp3) is 0.233. The molecular formula is C30H29N3O3S. The molecule has 0 bridgehead atoms. The number of nitrogens with zero attached hydrogens (tertiary/aromatic N) is 3. The highest BCUT2D eigenvalue weighted by atomic mass is 32.1. The van der Waals surface area contributed by atoms with Crippen LogP contribution >= 0.6 is 11.3 Å². The van der Waals surface area contributed by atoms with Crippen molar-refractivity contribution in [2.75, 3.05) is 11.4 Å². The number of carboxylic acid groups (broad SMARTS) is 1. The van der Waals surface area contributed by atoms with Crippen LogP contribution in [0.4, 0.5) is 5.13 Å². The lowest BCUT2D eigenvalue weighted by molar-refractivity contribution is -0.141. The molecule has 0 aliphatic carbocycles. The molecule has 1 aliphatic heterocycles. The average Bonchev–Trinajstić information content (AvgIpc) is 3.57. The van der Waals surface area contributed by atoms with Gasteiger partial charge in [-0.05, 0) is 43.0 Å². The Labute approximate surface area is 220 Å². The van der Waals surface area contributed by atoms with E-state index in [1.807, 2.05) is 48.5 Å². The van der Waals surface area contributed by atoms with Gasteiger partial charge in [-0.2, -0.15) is 0 Å². The lowest BCUT2D eigenvalue weighted by Gasteiger charge is -2.23. The summed E-state index contributed by atoms with van der Waals surface area (Å²) in [6.07, 6.45) is 1.22. The number of aliphatic carboxylic acids is 1. The summed E-state index contributed by atoms with van der Waals surface area (Å²) in [5.41, 5.74) is 4.86. The highest BCUT2D eigenvalue weighted by Crippen LogP contribution is 2.34. The quantitative estimate of drug-likeness (QED) is 0.313. The summed E-state index contributed by atoms with van der Waals surface area (Å²) in [5, 5.41) is 10.4. The number of carboxylic acids is 1. The van der Waals surface area contributed by atoms with E-state index in [2.05, 4.69) is 36.1 Å². The van der Waals surface area contributed by atoms with Gasteiger partial charge < -0.3 is 14.9 Å². The van der Waals surface area contributed by atoms with Gasteiger partial charge in [0, 0.05) is 35.6 Å². The summed E-state index contributed by atoms with van der Waals surface area (Å²) >= 11 is 1.68. The first-order valence-corrected chi connectivity index (χ1v) is 13.3. The van der Waals surface area contributed by atoms with Gasteiger partial charge in [0.1, 0.15) is 6.04 Å². The minimum Gasteiger partial charge on any atom is -0.480 e. The van der Waals surface area contributed by atoms with E-state index in [-0.39, 0.29) is 5.91 Å². The summed E-state index contributed by atoms with van der Waals surface area (Å²) in [5.74, 6) is -1.16. The molecule has 1 fully saturated rings. The standard InChI is InChI=1S/C30H29N3O3S/c1-21-27(24-11-6-3-7-12-24)31-30(37-21)32(19-22-9-4-2-5-10-22)20-23-14-16-25(17-15-23)28(34)33-18-8-13-26(33)29(35)36/h2-7,9-12,14-17,26H,8,13,18-20H2,1H3,(H,35,36). The predicted octanol–water partition coefficient (Wildman–Crippen LogP) is 6.01. The summed E-state index contributed by atoms with van der Waals surface area (Å²) in [7, 11) is 0. The maximum absolute atomic E-state index is 13.0. The van der Waals surface area contributed by atoms with Crippen LogP contribution in [0.2, 0.25) is 0 Å². The Balaban J connectivity index is 1.39. The van der Waals surface area contributed by atoms with Crippen LogP contribution in [0.1, 0.15) is 39.2 Å². The smallest absolute Gasteiger partial charge is 0.326 e. The van der Waals surface area contributed by atoms with Crippen LogP contribution in [0, 0.1) is 6.92 Å². The molecule has 6 nitrogen and oxygen atoms in total.